The number of rotatable bonds is 1. The van der Waals surface area contributed by atoms with Gasteiger partial charge in [0.05, 0.1) is 19.3 Å². The highest BCUT2D eigenvalue weighted by Crippen LogP contribution is 2.21. The van der Waals surface area contributed by atoms with Gasteiger partial charge in [0.25, 0.3) is 0 Å². The average Bonchev–Trinajstić information content (AvgIpc) is 2.74. The molecule has 15 heavy (non-hydrogen) atoms. The highest BCUT2D eigenvalue weighted by atomic mass is 16.5. The number of fused-ring (bicyclic) bond motifs is 1. The molecule has 2 heterocycles. The van der Waals surface area contributed by atoms with Crippen LogP contribution in [0.4, 0.5) is 0 Å². The zero-order chi connectivity index (χ0) is 10.1. The van der Waals surface area contributed by atoms with E-state index < -0.39 is 0 Å². The van der Waals surface area contributed by atoms with Crippen molar-refractivity contribution in [1.29, 1.82) is 0 Å². The summed E-state index contributed by atoms with van der Waals surface area (Å²) in [7, 11) is 0. The largest absolute Gasteiger partial charge is 0.378 e. The van der Waals surface area contributed by atoms with Crippen LogP contribution in [0, 0.1) is 0 Å². The third-order valence-electron chi connectivity index (χ3n) is 2.85. The minimum atomic E-state index is 0.311. The lowest BCUT2D eigenvalue weighted by molar-refractivity contribution is 0.0758. The molecule has 1 atom stereocenters. The number of hydrogen-bond donors (Lipinski definition) is 2. The average molecular weight is 202 g/mol. The van der Waals surface area contributed by atoms with Gasteiger partial charge in [-0.2, -0.15) is 0 Å². The first kappa shape index (κ1) is 8.95. The van der Waals surface area contributed by atoms with Crippen LogP contribution in [0.1, 0.15) is 11.7 Å². The third kappa shape index (κ3) is 1.64. The Kier molecular flexibility index (Phi) is 2.19. The quantitative estimate of drug-likeness (QED) is 0.740. The Morgan fingerprint density at radius 3 is 3.00 bits per heavy atom. The van der Waals surface area contributed by atoms with Gasteiger partial charge >= 0.3 is 0 Å². The van der Waals surface area contributed by atoms with E-state index in [-0.39, 0.29) is 0 Å². The van der Waals surface area contributed by atoms with E-state index in [2.05, 4.69) is 34.6 Å². The van der Waals surface area contributed by atoms with E-state index in [4.69, 9.17) is 4.74 Å². The van der Waals surface area contributed by atoms with Gasteiger partial charge in [-0.05, 0) is 17.5 Å². The molecule has 0 bridgehead atoms. The summed E-state index contributed by atoms with van der Waals surface area (Å²) < 4.78 is 5.45. The van der Waals surface area contributed by atoms with Crippen molar-refractivity contribution >= 4 is 10.9 Å². The second-order valence-electron chi connectivity index (χ2n) is 3.89. The molecule has 1 aromatic heterocycles. The Hall–Kier alpha value is -1.32. The monoisotopic (exact) mass is 202 g/mol. The van der Waals surface area contributed by atoms with Gasteiger partial charge in [-0.3, -0.25) is 0 Å². The molecule has 1 aliphatic heterocycles. The SMILES string of the molecule is c1ccc2[nH]c(C3COCCN3)cc2c1. The Bertz CT molecular complexity index is 424. The predicted molar refractivity (Wildman–Crippen MR) is 59.9 cm³/mol. The van der Waals surface area contributed by atoms with E-state index >= 15 is 0 Å². The van der Waals surface area contributed by atoms with E-state index in [1.807, 2.05) is 6.07 Å². The molecular formula is C12H14N2O. The smallest absolute Gasteiger partial charge is 0.0711 e. The molecule has 2 aromatic rings. The maximum Gasteiger partial charge on any atom is 0.0711 e. The summed E-state index contributed by atoms with van der Waals surface area (Å²) in [6, 6.07) is 10.8. The van der Waals surface area contributed by atoms with E-state index in [9.17, 15) is 0 Å². The van der Waals surface area contributed by atoms with Crippen LogP contribution in [0.5, 0.6) is 0 Å². The molecule has 0 spiro atoms. The van der Waals surface area contributed by atoms with Crippen molar-refractivity contribution in [3.8, 4) is 0 Å². The lowest BCUT2D eigenvalue weighted by atomic mass is 10.2. The molecule has 3 nitrogen and oxygen atoms in total. The molecule has 3 heteroatoms. The van der Waals surface area contributed by atoms with Gasteiger partial charge in [-0.1, -0.05) is 18.2 Å². The predicted octanol–water partition coefficient (Wildman–Crippen LogP) is 1.83. The van der Waals surface area contributed by atoms with E-state index in [0.29, 0.717) is 6.04 Å². The molecule has 3 rings (SSSR count). The maximum atomic E-state index is 5.45. The second-order valence-corrected chi connectivity index (χ2v) is 3.89. The number of aromatic nitrogens is 1. The van der Waals surface area contributed by atoms with Crippen molar-refractivity contribution in [1.82, 2.24) is 10.3 Å². The van der Waals surface area contributed by atoms with Crippen LogP contribution in [0.15, 0.2) is 30.3 Å². The molecule has 1 aliphatic rings. The fourth-order valence-electron chi connectivity index (χ4n) is 2.05. The highest BCUT2D eigenvalue weighted by molar-refractivity contribution is 5.80. The lowest BCUT2D eigenvalue weighted by Crippen LogP contribution is -2.34. The summed E-state index contributed by atoms with van der Waals surface area (Å²) in [4.78, 5) is 3.42. The van der Waals surface area contributed by atoms with Crippen LogP contribution < -0.4 is 5.32 Å². The number of morpholine rings is 1. The molecule has 0 amide bonds. The van der Waals surface area contributed by atoms with Gasteiger partial charge in [-0.25, -0.2) is 0 Å². The Labute approximate surface area is 88.4 Å². The van der Waals surface area contributed by atoms with Gasteiger partial charge in [-0.15, -0.1) is 0 Å². The van der Waals surface area contributed by atoms with Crippen molar-refractivity contribution in [3.05, 3.63) is 36.0 Å². The van der Waals surface area contributed by atoms with Crippen molar-refractivity contribution < 1.29 is 4.74 Å². The van der Waals surface area contributed by atoms with Gasteiger partial charge in [0.15, 0.2) is 0 Å². The summed E-state index contributed by atoms with van der Waals surface area (Å²) in [6.45, 7) is 2.50. The van der Waals surface area contributed by atoms with Gasteiger partial charge in [0.1, 0.15) is 0 Å². The number of benzene rings is 1. The minimum Gasteiger partial charge on any atom is -0.378 e. The van der Waals surface area contributed by atoms with Crippen LogP contribution in [-0.2, 0) is 4.74 Å². The number of H-pyrrole nitrogens is 1. The van der Waals surface area contributed by atoms with Gasteiger partial charge in [0, 0.05) is 17.8 Å². The normalized spacial score (nSPS) is 22.0. The van der Waals surface area contributed by atoms with Crippen LogP contribution in [0.2, 0.25) is 0 Å². The summed E-state index contributed by atoms with van der Waals surface area (Å²) in [5, 5.41) is 4.70. The lowest BCUT2D eigenvalue weighted by Gasteiger charge is -2.22. The van der Waals surface area contributed by atoms with E-state index in [1.54, 1.807) is 0 Å². The standard InChI is InChI=1S/C12H14N2O/c1-2-4-10-9(3-1)7-11(14-10)12-8-15-6-5-13-12/h1-4,7,12-14H,5-6,8H2. The summed E-state index contributed by atoms with van der Waals surface area (Å²) in [6.07, 6.45) is 0. The summed E-state index contributed by atoms with van der Waals surface area (Å²) in [5.74, 6) is 0. The highest BCUT2D eigenvalue weighted by Gasteiger charge is 2.16. The second kappa shape index (κ2) is 3.68. The van der Waals surface area contributed by atoms with Crippen molar-refractivity contribution in [3.63, 3.8) is 0 Å². The van der Waals surface area contributed by atoms with Gasteiger partial charge < -0.3 is 15.0 Å². The maximum absolute atomic E-state index is 5.45. The third-order valence-corrected chi connectivity index (χ3v) is 2.85. The summed E-state index contributed by atoms with van der Waals surface area (Å²) >= 11 is 0. The molecule has 0 radical (unpaired) electrons. The van der Waals surface area contributed by atoms with Crippen LogP contribution in [0.3, 0.4) is 0 Å². The number of ether oxygens (including phenoxy) is 1. The zero-order valence-electron chi connectivity index (χ0n) is 8.49. The van der Waals surface area contributed by atoms with Crippen molar-refractivity contribution in [2.75, 3.05) is 19.8 Å². The number of hydrogen-bond acceptors (Lipinski definition) is 2. The minimum absolute atomic E-state index is 0.311. The molecule has 2 N–H and O–H groups in total. The Balaban J connectivity index is 1.96. The molecule has 1 fully saturated rings. The number of para-hydroxylation sites is 1. The van der Waals surface area contributed by atoms with E-state index in [1.165, 1.54) is 16.6 Å². The first-order valence-corrected chi connectivity index (χ1v) is 5.32. The number of nitrogens with one attached hydrogen (secondary N) is 2. The Morgan fingerprint density at radius 2 is 2.20 bits per heavy atom. The Morgan fingerprint density at radius 1 is 1.27 bits per heavy atom. The molecule has 0 aliphatic carbocycles. The molecule has 0 saturated carbocycles. The number of aromatic amines is 1. The summed E-state index contributed by atoms with van der Waals surface area (Å²) in [5.41, 5.74) is 2.41. The molecular weight excluding hydrogens is 188 g/mol. The first-order chi connectivity index (χ1) is 7.43. The van der Waals surface area contributed by atoms with E-state index in [0.717, 1.165) is 19.8 Å². The van der Waals surface area contributed by atoms with Crippen molar-refractivity contribution in [2.45, 2.75) is 6.04 Å². The molecule has 78 valence electrons. The van der Waals surface area contributed by atoms with Crippen LogP contribution in [-0.4, -0.2) is 24.7 Å². The van der Waals surface area contributed by atoms with Crippen molar-refractivity contribution in [2.24, 2.45) is 0 Å². The fraction of sp³-hybridized carbons (Fsp3) is 0.333. The topological polar surface area (TPSA) is 37.0 Å². The first-order valence-electron chi connectivity index (χ1n) is 5.32. The van der Waals surface area contributed by atoms with Crippen LogP contribution >= 0.6 is 0 Å². The molecule has 1 aromatic carbocycles. The molecule has 1 unspecified atom stereocenters. The zero-order valence-corrected chi connectivity index (χ0v) is 8.49. The fourth-order valence-corrected chi connectivity index (χ4v) is 2.05. The van der Waals surface area contributed by atoms with Gasteiger partial charge in [0.2, 0.25) is 0 Å². The molecule has 1 saturated heterocycles. The van der Waals surface area contributed by atoms with Crippen LogP contribution in [0.25, 0.3) is 10.9 Å².